The van der Waals surface area contributed by atoms with E-state index in [1.807, 2.05) is 5.38 Å². The monoisotopic (exact) mass is 289 g/mol. The predicted octanol–water partition coefficient (Wildman–Crippen LogP) is 2.01. The molecule has 82 valence electrons. The van der Waals surface area contributed by atoms with Crippen molar-refractivity contribution in [1.82, 2.24) is 5.32 Å². The molecule has 3 nitrogen and oxygen atoms in total. The minimum atomic E-state index is -0.0586. The van der Waals surface area contributed by atoms with Gasteiger partial charge in [0.2, 0.25) is 0 Å². The molecule has 1 amide bonds. The molecule has 1 aliphatic carbocycles. The SMILES string of the molecule is O=C(NCC1(CO)CC1)c1csc(Br)c1. The van der Waals surface area contributed by atoms with Crippen molar-refractivity contribution in [3.8, 4) is 0 Å². The van der Waals surface area contributed by atoms with Crippen molar-refractivity contribution >= 4 is 33.2 Å². The van der Waals surface area contributed by atoms with Gasteiger partial charge in [-0.15, -0.1) is 11.3 Å². The van der Waals surface area contributed by atoms with E-state index in [0.717, 1.165) is 16.6 Å². The molecule has 5 heteroatoms. The number of nitrogens with one attached hydrogen (secondary N) is 1. The summed E-state index contributed by atoms with van der Waals surface area (Å²) in [6.07, 6.45) is 2.02. The number of aliphatic hydroxyl groups excluding tert-OH is 1. The first-order chi connectivity index (χ1) is 7.15. The number of rotatable bonds is 4. The summed E-state index contributed by atoms with van der Waals surface area (Å²) in [7, 11) is 0. The number of amides is 1. The van der Waals surface area contributed by atoms with Crippen LogP contribution in [0.5, 0.6) is 0 Å². The number of hydrogen-bond acceptors (Lipinski definition) is 3. The average Bonchev–Trinajstić information content (AvgIpc) is 2.90. The van der Waals surface area contributed by atoms with E-state index in [-0.39, 0.29) is 17.9 Å². The van der Waals surface area contributed by atoms with Crippen molar-refractivity contribution in [2.24, 2.45) is 5.41 Å². The Balaban J connectivity index is 1.88. The quantitative estimate of drug-likeness (QED) is 0.891. The van der Waals surface area contributed by atoms with Gasteiger partial charge in [-0.2, -0.15) is 0 Å². The van der Waals surface area contributed by atoms with Crippen molar-refractivity contribution in [3.63, 3.8) is 0 Å². The third-order valence-electron chi connectivity index (χ3n) is 2.75. The van der Waals surface area contributed by atoms with Gasteiger partial charge in [-0.25, -0.2) is 0 Å². The molecule has 0 radical (unpaired) electrons. The Kier molecular flexibility index (Phi) is 3.13. The second-order valence-electron chi connectivity index (χ2n) is 3.98. The van der Waals surface area contributed by atoms with E-state index in [1.54, 1.807) is 6.07 Å². The third-order valence-corrected chi connectivity index (χ3v) is 4.25. The van der Waals surface area contributed by atoms with E-state index in [1.165, 1.54) is 11.3 Å². The maximum absolute atomic E-state index is 11.6. The average molecular weight is 290 g/mol. The lowest BCUT2D eigenvalue weighted by atomic mass is 10.1. The van der Waals surface area contributed by atoms with Gasteiger partial charge in [0.05, 0.1) is 16.0 Å². The third kappa shape index (κ3) is 2.59. The van der Waals surface area contributed by atoms with E-state index in [9.17, 15) is 4.79 Å². The summed E-state index contributed by atoms with van der Waals surface area (Å²) in [4.78, 5) is 11.6. The van der Waals surface area contributed by atoms with Crippen LogP contribution in [0.25, 0.3) is 0 Å². The minimum Gasteiger partial charge on any atom is -0.396 e. The molecule has 0 aliphatic heterocycles. The first-order valence-electron chi connectivity index (χ1n) is 4.78. The number of carbonyl (C=O) groups excluding carboxylic acids is 1. The van der Waals surface area contributed by atoms with Crippen LogP contribution in [0.15, 0.2) is 15.2 Å². The van der Waals surface area contributed by atoms with Crippen LogP contribution in [0.1, 0.15) is 23.2 Å². The van der Waals surface area contributed by atoms with Crippen molar-refractivity contribution in [1.29, 1.82) is 0 Å². The Bertz CT molecular complexity index is 373. The molecule has 1 aromatic rings. The Morgan fingerprint density at radius 1 is 1.67 bits per heavy atom. The largest absolute Gasteiger partial charge is 0.396 e. The summed E-state index contributed by atoms with van der Waals surface area (Å²) < 4.78 is 0.955. The van der Waals surface area contributed by atoms with E-state index >= 15 is 0 Å². The molecule has 1 fully saturated rings. The van der Waals surface area contributed by atoms with Crippen molar-refractivity contribution in [2.45, 2.75) is 12.8 Å². The normalized spacial score (nSPS) is 17.5. The Morgan fingerprint density at radius 2 is 2.40 bits per heavy atom. The number of halogens is 1. The van der Waals surface area contributed by atoms with Crippen LogP contribution in [0.3, 0.4) is 0 Å². The second-order valence-corrected chi connectivity index (χ2v) is 6.27. The summed E-state index contributed by atoms with van der Waals surface area (Å²) in [5.41, 5.74) is 0.656. The van der Waals surface area contributed by atoms with Gasteiger partial charge in [0, 0.05) is 17.3 Å². The lowest BCUT2D eigenvalue weighted by Crippen LogP contribution is -2.31. The molecule has 2 N–H and O–H groups in total. The molecular weight excluding hydrogens is 278 g/mol. The van der Waals surface area contributed by atoms with Crippen LogP contribution in [-0.2, 0) is 0 Å². The fourth-order valence-corrected chi connectivity index (χ4v) is 2.50. The summed E-state index contributed by atoms with van der Waals surface area (Å²) >= 11 is 4.81. The molecule has 1 heterocycles. The van der Waals surface area contributed by atoms with Crippen LogP contribution in [0, 0.1) is 5.41 Å². The fraction of sp³-hybridized carbons (Fsp3) is 0.500. The van der Waals surface area contributed by atoms with Crippen LogP contribution in [-0.4, -0.2) is 24.2 Å². The van der Waals surface area contributed by atoms with Gasteiger partial charge >= 0.3 is 0 Å². The van der Waals surface area contributed by atoms with Crippen molar-refractivity contribution in [3.05, 3.63) is 20.8 Å². The molecule has 0 spiro atoms. The zero-order valence-electron chi connectivity index (χ0n) is 8.12. The summed E-state index contributed by atoms with van der Waals surface area (Å²) in [5, 5.41) is 13.8. The highest BCUT2D eigenvalue weighted by atomic mass is 79.9. The fourth-order valence-electron chi connectivity index (χ4n) is 1.37. The molecule has 0 bridgehead atoms. The van der Waals surface area contributed by atoms with Crippen LogP contribution >= 0.6 is 27.3 Å². The highest BCUT2D eigenvalue weighted by Gasteiger charge is 2.42. The Labute approximate surface area is 101 Å². The lowest BCUT2D eigenvalue weighted by Gasteiger charge is -2.11. The van der Waals surface area contributed by atoms with Crippen molar-refractivity contribution < 1.29 is 9.90 Å². The first kappa shape index (κ1) is 11.1. The number of hydrogen-bond donors (Lipinski definition) is 2. The van der Waals surface area contributed by atoms with Crippen LogP contribution in [0.4, 0.5) is 0 Å². The lowest BCUT2D eigenvalue weighted by molar-refractivity contribution is 0.0935. The van der Waals surface area contributed by atoms with Crippen LogP contribution in [0.2, 0.25) is 0 Å². The van der Waals surface area contributed by atoms with Gasteiger partial charge in [-0.3, -0.25) is 4.79 Å². The summed E-state index contributed by atoms with van der Waals surface area (Å²) in [5.74, 6) is -0.0586. The zero-order chi connectivity index (χ0) is 10.9. The molecule has 1 saturated carbocycles. The zero-order valence-corrected chi connectivity index (χ0v) is 10.5. The van der Waals surface area contributed by atoms with Crippen molar-refractivity contribution in [2.75, 3.05) is 13.2 Å². The number of aliphatic hydroxyl groups is 1. The van der Waals surface area contributed by atoms with Gasteiger partial charge in [0.1, 0.15) is 0 Å². The molecule has 0 saturated heterocycles. The smallest absolute Gasteiger partial charge is 0.252 e. The van der Waals surface area contributed by atoms with Gasteiger partial charge in [0.15, 0.2) is 0 Å². The molecule has 0 atom stereocenters. The van der Waals surface area contributed by atoms with E-state index in [2.05, 4.69) is 21.2 Å². The van der Waals surface area contributed by atoms with Gasteiger partial charge in [-0.05, 0) is 34.8 Å². The molecule has 1 aromatic heterocycles. The summed E-state index contributed by atoms with van der Waals surface area (Å²) in [6.45, 7) is 0.746. The standard InChI is InChI=1S/C10H12BrNO2S/c11-8-3-7(4-15-8)9(14)12-5-10(6-13)1-2-10/h3-4,13H,1-2,5-6H2,(H,12,14). The van der Waals surface area contributed by atoms with Crippen LogP contribution < -0.4 is 5.32 Å². The van der Waals surface area contributed by atoms with E-state index < -0.39 is 0 Å². The van der Waals surface area contributed by atoms with Gasteiger partial charge < -0.3 is 10.4 Å². The second kappa shape index (κ2) is 4.23. The topological polar surface area (TPSA) is 49.3 Å². The molecule has 0 unspecified atom stereocenters. The molecule has 0 aromatic carbocycles. The maximum Gasteiger partial charge on any atom is 0.252 e. The predicted molar refractivity (Wildman–Crippen MR) is 63.1 cm³/mol. The first-order valence-corrected chi connectivity index (χ1v) is 6.46. The minimum absolute atomic E-state index is 0.0249. The molecule has 2 rings (SSSR count). The van der Waals surface area contributed by atoms with Gasteiger partial charge in [-0.1, -0.05) is 0 Å². The summed E-state index contributed by atoms with van der Waals surface area (Å²) in [6, 6.07) is 1.80. The maximum atomic E-state index is 11.6. The number of carbonyl (C=O) groups is 1. The Morgan fingerprint density at radius 3 is 2.87 bits per heavy atom. The number of thiophene rings is 1. The highest BCUT2D eigenvalue weighted by Crippen LogP contribution is 2.44. The highest BCUT2D eigenvalue weighted by molar-refractivity contribution is 9.11. The van der Waals surface area contributed by atoms with E-state index in [4.69, 9.17) is 5.11 Å². The molecular formula is C10H12BrNO2S. The molecule has 1 aliphatic rings. The van der Waals surface area contributed by atoms with Gasteiger partial charge in [0.25, 0.3) is 5.91 Å². The Hall–Kier alpha value is -0.390. The van der Waals surface area contributed by atoms with E-state index in [0.29, 0.717) is 12.1 Å². The molecule has 15 heavy (non-hydrogen) atoms.